The van der Waals surface area contributed by atoms with Crippen molar-refractivity contribution in [2.75, 3.05) is 0 Å². The summed E-state index contributed by atoms with van der Waals surface area (Å²) >= 11 is 0. The number of aryl methyl sites for hydroxylation is 2. The molecule has 8 rings (SSSR count). The van der Waals surface area contributed by atoms with E-state index in [9.17, 15) is 9.59 Å². The number of hydrogen-bond donors (Lipinski definition) is 0. The molecule has 4 aliphatic rings. The summed E-state index contributed by atoms with van der Waals surface area (Å²) in [7, 11) is 3.66. The van der Waals surface area contributed by atoms with Gasteiger partial charge in [-0.2, -0.15) is 0 Å². The summed E-state index contributed by atoms with van der Waals surface area (Å²) in [6, 6.07) is 15.9. The molecule has 0 N–H and O–H groups in total. The zero-order chi connectivity index (χ0) is 25.1. The van der Waals surface area contributed by atoms with E-state index in [2.05, 4.69) is 20.8 Å². The molecule has 2 aromatic carbocycles. The Morgan fingerprint density at radius 2 is 1.31 bits per heavy atom. The van der Waals surface area contributed by atoms with Crippen molar-refractivity contribution in [2.45, 2.75) is 56.7 Å². The Bertz CT molecular complexity index is 1730. The SMILES string of the molecule is Cn1c(=O)c2c(c3ccccc31)O[C@@]1(C)CC[C@@H]2[C@@H]2[C@@H]1c1c(c3ccccc3n(C)c1=O)OC2(C)C. The van der Waals surface area contributed by atoms with E-state index >= 15 is 0 Å². The van der Waals surface area contributed by atoms with Crippen LogP contribution in [0.3, 0.4) is 0 Å². The standard InChI is InChI=1S/C30H30N2O4/c1-29(2)23-18-14-15-30(3,36-25-16-10-6-8-12-19(16)31(4)27(33)21(18)25)24(23)22-26(35-29)17-11-7-9-13-20(17)32(5)28(22)34/h6-13,18,23-24H,14-15H2,1-5H3/t18-,23+,24-,30-/m0/s1. The topological polar surface area (TPSA) is 62.5 Å². The van der Waals surface area contributed by atoms with Gasteiger partial charge >= 0.3 is 0 Å². The fraction of sp³-hybridized carbons (Fsp3) is 0.400. The first-order valence-corrected chi connectivity index (χ1v) is 12.8. The number of ether oxygens (including phenoxy) is 2. The first kappa shape index (κ1) is 21.7. The van der Waals surface area contributed by atoms with Gasteiger partial charge in [0.25, 0.3) is 11.1 Å². The second kappa shape index (κ2) is 6.81. The van der Waals surface area contributed by atoms with E-state index in [1.807, 2.05) is 62.6 Å². The number of fused-ring (bicyclic) bond motifs is 5. The van der Waals surface area contributed by atoms with Crippen molar-refractivity contribution in [3.8, 4) is 11.5 Å². The van der Waals surface area contributed by atoms with Crippen molar-refractivity contribution in [2.24, 2.45) is 20.0 Å². The summed E-state index contributed by atoms with van der Waals surface area (Å²) in [5.74, 6) is 0.965. The first-order chi connectivity index (χ1) is 17.1. The van der Waals surface area contributed by atoms with Gasteiger partial charge in [-0.3, -0.25) is 9.59 Å². The molecule has 3 aliphatic heterocycles. The molecule has 0 saturated heterocycles. The largest absolute Gasteiger partial charge is 0.486 e. The van der Waals surface area contributed by atoms with E-state index in [-0.39, 0.29) is 28.9 Å². The van der Waals surface area contributed by atoms with Crippen LogP contribution in [0.25, 0.3) is 21.8 Å². The van der Waals surface area contributed by atoms with Crippen LogP contribution in [-0.4, -0.2) is 20.3 Å². The van der Waals surface area contributed by atoms with Gasteiger partial charge in [0.15, 0.2) is 0 Å². The molecule has 0 amide bonds. The summed E-state index contributed by atoms with van der Waals surface area (Å²) in [4.78, 5) is 27.9. The second-order valence-electron chi connectivity index (χ2n) is 11.5. The van der Waals surface area contributed by atoms with Crippen LogP contribution in [0, 0.1) is 5.92 Å². The predicted octanol–water partition coefficient (Wildman–Crippen LogP) is 4.99. The fourth-order valence-corrected chi connectivity index (χ4v) is 7.56. The molecular formula is C30H30N2O4. The highest BCUT2D eigenvalue weighted by Gasteiger charge is 2.62. The number of hydrogen-bond acceptors (Lipinski definition) is 4. The minimum Gasteiger partial charge on any atom is -0.486 e. The van der Waals surface area contributed by atoms with Crippen LogP contribution in [0.15, 0.2) is 58.1 Å². The van der Waals surface area contributed by atoms with Crippen molar-refractivity contribution in [1.82, 2.24) is 9.13 Å². The zero-order valence-electron chi connectivity index (χ0n) is 21.3. The number of rotatable bonds is 0. The summed E-state index contributed by atoms with van der Waals surface area (Å²) in [6.45, 7) is 6.34. The number of aromatic nitrogens is 2. The van der Waals surface area contributed by atoms with Crippen molar-refractivity contribution < 1.29 is 9.47 Å². The lowest BCUT2D eigenvalue weighted by atomic mass is 9.56. The first-order valence-electron chi connectivity index (χ1n) is 12.8. The van der Waals surface area contributed by atoms with E-state index in [1.54, 1.807) is 9.13 Å². The Morgan fingerprint density at radius 1 is 0.778 bits per heavy atom. The average Bonchev–Trinajstić information content (AvgIpc) is 3.09. The number of nitrogens with zero attached hydrogens (tertiary/aromatic N) is 2. The Hall–Kier alpha value is -3.54. The molecule has 0 unspecified atom stereocenters. The third-order valence-corrected chi connectivity index (χ3v) is 9.17. The maximum atomic E-state index is 14.0. The van der Waals surface area contributed by atoms with E-state index in [1.165, 1.54) is 0 Å². The third kappa shape index (κ3) is 2.52. The highest BCUT2D eigenvalue weighted by atomic mass is 16.5. The van der Waals surface area contributed by atoms with E-state index in [0.29, 0.717) is 17.1 Å². The Labute approximate surface area is 209 Å². The maximum absolute atomic E-state index is 14.0. The molecule has 6 nitrogen and oxygen atoms in total. The Kier molecular flexibility index (Phi) is 4.11. The normalized spacial score (nSPS) is 27.5. The minimum absolute atomic E-state index is 0.0217. The molecule has 2 aromatic heterocycles. The molecule has 5 heterocycles. The van der Waals surface area contributed by atoms with Crippen LogP contribution in [0.5, 0.6) is 11.5 Å². The van der Waals surface area contributed by atoms with Gasteiger partial charge in [-0.05, 0) is 57.9 Å². The molecule has 4 atom stereocenters. The molecule has 4 aromatic rings. The lowest BCUT2D eigenvalue weighted by Gasteiger charge is -2.54. The van der Waals surface area contributed by atoms with Gasteiger partial charge in [0, 0.05) is 42.6 Å². The molecule has 0 spiro atoms. The average molecular weight is 483 g/mol. The number of para-hydroxylation sites is 2. The van der Waals surface area contributed by atoms with Crippen LogP contribution < -0.4 is 20.6 Å². The van der Waals surface area contributed by atoms with Crippen molar-refractivity contribution in [1.29, 1.82) is 0 Å². The predicted molar refractivity (Wildman–Crippen MR) is 140 cm³/mol. The molecule has 0 radical (unpaired) electrons. The smallest absolute Gasteiger partial charge is 0.258 e. The van der Waals surface area contributed by atoms with Crippen LogP contribution in [-0.2, 0) is 14.1 Å². The van der Waals surface area contributed by atoms with Gasteiger partial charge in [-0.25, -0.2) is 0 Å². The van der Waals surface area contributed by atoms with Gasteiger partial charge in [-0.1, -0.05) is 24.3 Å². The fourth-order valence-electron chi connectivity index (χ4n) is 7.56. The summed E-state index contributed by atoms with van der Waals surface area (Å²) < 4.78 is 17.3. The van der Waals surface area contributed by atoms with Gasteiger partial charge in [-0.15, -0.1) is 0 Å². The molecule has 184 valence electrons. The zero-order valence-corrected chi connectivity index (χ0v) is 21.3. The Morgan fingerprint density at radius 3 is 1.92 bits per heavy atom. The van der Waals surface area contributed by atoms with Crippen LogP contribution >= 0.6 is 0 Å². The van der Waals surface area contributed by atoms with Crippen LogP contribution in [0.2, 0.25) is 0 Å². The van der Waals surface area contributed by atoms with Gasteiger partial charge in [0.2, 0.25) is 0 Å². The summed E-state index contributed by atoms with van der Waals surface area (Å²) in [5.41, 5.74) is 1.77. The van der Waals surface area contributed by atoms with Crippen molar-refractivity contribution in [3.63, 3.8) is 0 Å². The van der Waals surface area contributed by atoms with Gasteiger partial charge in [0.1, 0.15) is 22.7 Å². The highest BCUT2D eigenvalue weighted by Crippen LogP contribution is 2.63. The lowest BCUT2D eigenvalue weighted by Crippen LogP contribution is -2.58. The van der Waals surface area contributed by atoms with E-state index < -0.39 is 11.2 Å². The molecule has 6 heteroatoms. The van der Waals surface area contributed by atoms with Gasteiger partial charge in [0.05, 0.1) is 22.2 Å². The second-order valence-corrected chi connectivity index (χ2v) is 11.5. The quantitative estimate of drug-likeness (QED) is 0.354. The summed E-state index contributed by atoms with van der Waals surface area (Å²) in [6.07, 6.45) is 1.57. The lowest BCUT2D eigenvalue weighted by molar-refractivity contribution is -0.0788. The summed E-state index contributed by atoms with van der Waals surface area (Å²) in [5, 5.41) is 1.88. The van der Waals surface area contributed by atoms with Crippen LogP contribution in [0.4, 0.5) is 0 Å². The molecule has 2 bridgehead atoms. The third-order valence-electron chi connectivity index (χ3n) is 9.17. The number of benzene rings is 2. The minimum atomic E-state index is -0.661. The van der Waals surface area contributed by atoms with Gasteiger partial charge < -0.3 is 18.6 Å². The highest BCUT2D eigenvalue weighted by molar-refractivity contribution is 5.89. The van der Waals surface area contributed by atoms with Crippen molar-refractivity contribution >= 4 is 21.8 Å². The molecule has 1 fully saturated rings. The monoisotopic (exact) mass is 482 g/mol. The maximum Gasteiger partial charge on any atom is 0.258 e. The van der Waals surface area contributed by atoms with Crippen LogP contribution in [0.1, 0.15) is 56.6 Å². The van der Waals surface area contributed by atoms with Crippen molar-refractivity contribution in [3.05, 3.63) is 80.4 Å². The molecule has 1 saturated carbocycles. The molecular weight excluding hydrogens is 452 g/mol. The van der Waals surface area contributed by atoms with E-state index in [0.717, 1.165) is 40.2 Å². The Balaban J connectivity index is 1.60. The molecule has 36 heavy (non-hydrogen) atoms. The van der Waals surface area contributed by atoms with E-state index in [4.69, 9.17) is 9.47 Å². The molecule has 1 aliphatic carbocycles. The number of pyridine rings is 2.